The monoisotopic (exact) mass is 269 g/mol. The molecule has 0 aromatic carbocycles. The molecule has 1 saturated heterocycles. The molecule has 1 aliphatic heterocycles. The average Bonchev–Trinajstić information content (AvgIpc) is 2.69. The molecule has 0 saturated carbocycles. The first-order chi connectivity index (χ1) is 8.93. The first-order valence-corrected chi connectivity index (χ1v) is 6.43. The van der Waals surface area contributed by atoms with Crippen LogP contribution in [0, 0.1) is 0 Å². The minimum atomic E-state index is -0.695. The fourth-order valence-electron chi connectivity index (χ4n) is 1.99. The number of carbonyl (C=O) groups is 1. The maximum atomic E-state index is 11.4. The molecule has 1 amide bonds. The summed E-state index contributed by atoms with van der Waals surface area (Å²) in [6.07, 6.45) is 5.31. The lowest BCUT2D eigenvalue weighted by molar-refractivity contribution is -0.144. The highest BCUT2D eigenvalue weighted by atomic mass is 16.8. The Morgan fingerprint density at radius 3 is 2.74 bits per heavy atom. The predicted molar refractivity (Wildman–Crippen MR) is 72.8 cm³/mol. The van der Waals surface area contributed by atoms with Crippen molar-refractivity contribution in [1.82, 2.24) is 5.32 Å². The normalized spacial score (nSPS) is 27.2. The van der Waals surface area contributed by atoms with Crippen LogP contribution in [0.4, 0.5) is 4.79 Å². The number of ether oxygens (including phenoxy) is 3. The molecule has 0 spiro atoms. The largest absolute Gasteiger partial charge is 0.453 e. The van der Waals surface area contributed by atoms with Crippen LogP contribution in [0.2, 0.25) is 0 Å². The van der Waals surface area contributed by atoms with Crippen molar-refractivity contribution in [2.45, 2.75) is 51.2 Å². The van der Waals surface area contributed by atoms with Crippen LogP contribution in [0.3, 0.4) is 0 Å². The number of hydrogen-bond donors (Lipinski definition) is 1. The first-order valence-electron chi connectivity index (χ1n) is 6.43. The number of allylic oxidation sites excluding steroid dienone is 1. The van der Waals surface area contributed by atoms with E-state index in [1.807, 2.05) is 32.9 Å². The molecule has 0 aromatic rings. The van der Waals surface area contributed by atoms with Crippen molar-refractivity contribution in [2.75, 3.05) is 7.11 Å². The molecule has 0 aliphatic carbocycles. The zero-order chi connectivity index (χ0) is 14.5. The number of hydrogen-bond acceptors (Lipinski definition) is 4. The van der Waals surface area contributed by atoms with E-state index >= 15 is 0 Å². The number of methoxy groups -OCH3 is 1. The van der Waals surface area contributed by atoms with Gasteiger partial charge in [-0.25, -0.2) is 4.79 Å². The van der Waals surface area contributed by atoms with Crippen molar-refractivity contribution >= 4 is 6.09 Å². The van der Waals surface area contributed by atoms with E-state index < -0.39 is 11.9 Å². The second-order valence-electron chi connectivity index (χ2n) is 4.80. The molecule has 0 unspecified atom stereocenters. The predicted octanol–water partition coefficient (Wildman–Crippen LogP) is 2.38. The second kappa shape index (κ2) is 6.73. The molecule has 19 heavy (non-hydrogen) atoms. The molecule has 3 atom stereocenters. The second-order valence-corrected chi connectivity index (χ2v) is 4.80. The third-order valence-electron chi connectivity index (χ3n) is 2.80. The lowest BCUT2D eigenvalue weighted by Crippen LogP contribution is -2.46. The zero-order valence-electron chi connectivity index (χ0n) is 12.0. The molecule has 1 rings (SSSR count). The Labute approximate surface area is 114 Å². The summed E-state index contributed by atoms with van der Waals surface area (Å²) >= 11 is 0. The van der Waals surface area contributed by atoms with E-state index in [-0.39, 0.29) is 18.2 Å². The SMILES string of the molecule is C=C[C@@H]1OC(C)(C)O[C@H]1[C@H](/C=C/CC)NC(=O)OC. The van der Waals surface area contributed by atoms with Gasteiger partial charge >= 0.3 is 6.09 Å². The van der Waals surface area contributed by atoms with Gasteiger partial charge in [0.1, 0.15) is 12.2 Å². The van der Waals surface area contributed by atoms with Crippen LogP contribution in [0.25, 0.3) is 0 Å². The highest BCUT2D eigenvalue weighted by Gasteiger charge is 2.43. The Morgan fingerprint density at radius 2 is 2.21 bits per heavy atom. The molecule has 5 heteroatoms. The lowest BCUT2D eigenvalue weighted by Gasteiger charge is -2.23. The summed E-state index contributed by atoms with van der Waals surface area (Å²) in [6, 6.07) is -0.322. The Bertz CT molecular complexity index is 351. The van der Waals surface area contributed by atoms with Gasteiger partial charge in [0, 0.05) is 0 Å². The van der Waals surface area contributed by atoms with Crippen LogP contribution in [-0.4, -0.2) is 37.2 Å². The fraction of sp³-hybridized carbons (Fsp3) is 0.643. The van der Waals surface area contributed by atoms with Crippen LogP contribution in [0.15, 0.2) is 24.8 Å². The van der Waals surface area contributed by atoms with Gasteiger partial charge in [0.25, 0.3) is 0 Å². The minimum Gasteiger partial charge on any atom is -0.453 e. The van der Waals surface area contributed by atoms with E-state index in [9.17, 15) is 4.79 Å². The summed E-state index contributed by atoms with van der Waals surface area (Å²) in [7, 11) is 1.33. The van der Waals surface area contributed by atoms with E-state index in [1.54, 1.807) is 6.08 Å². The van der Waals surface area contributed by atoms with Crippen LogP contribution in [0.1, 0.15) is 27.2 Å². The van der Waals surface area contributed by atoms with Crippen LogP contribution in [-0.2, 0) is 14.2 Å². The van der Waals surface area contributed by atoms with E-state index in [1.165, 1.54) is 7.11 Å². The van der Waals surface area contributed by atoms with Crippen molar-refractivity contribution in [3.8, 4) is 0 Å². The Hall–Kier alpha value is -1.33. The molecule has 0 radical (unpaired) electrons. The minimum absolute atomic E-state index is 0.279. The Morgan fingerprint density at radius 1 is 1.53 bits per heavy atom. The van der Waals surface area contributed by atoms with Crippen molar-refractivity contribution in [3.63, 3.8) is 0 Å². The molecule has 5 nitrogen and oxygen atoms in total. The van der Waals surface area contributed by atoms with E-state index in [0.29, 0.717) is 0 Å². The smallest absolute Gasteiger partial charge is 0.407 e. The summed E-state index contributed by atoms with van der Waals surface area (Å²) in [5.41, 5.74) is 0. The van der Waals surface area contributed by atoms with Crippen LogP contribution in [0.5, 0.6) is 0 Å². The van der Waals surface area contributed by atoms with Crippen molar-refractivity contribution in [1.29, 1.82) is 0 Å². The number of rotatable bonds is 5. The molecule has 0 bridgehead atoms. The van der Waals surface area contributed by atoms with Crippen molar-refractivity contribution < 1.29 is 19.0 Å². The summed E-state index contributed by atoms with van der Waals surface area (Å²) in [5.74, 6) is -0.695. The highest BCUT2D eigenvalue weighted by molar-refractivity contribution is 5.67. The maximum absolute atomic E-state index is 11.4. The molecule has 1 fully saturated rings. The van der Waals surface area contributed by atoms with Crippen molar-refractivity contribution in [3.05, 3.63) is 24.8 Å². The molecule has 1 N–H and O–H groups in total. The van der Waals surface area contributed by atoms with Crippen molar-refractivity contribution in [2.24, 2.45) is 0 Å². The number of carbonyl (C=O) groups excluding carboxylic acids is 1. The molecule has 1 aliphatic rings. The standard InChI is InChI=1S/C14H23NO4/c1-6-8-9-10(15-13(16)17-5)12-11(7-2)18-14(3,4)19-12/h7-12H,2,6H2,1,3-5H3,(H,15,16)/b9-8+/t10-,11-,12-/m0/s1. The number of amides is 1. The number of nitrogens with one attached hydrogen (secondary N) is 1. The van der Waals surface area contributed by atoms with Gasteiger partial charge in [-0.05, 0) is 20.3 Å². The molecule has 1 heterocycles. The molecular weight excluding hydrogens is 246 g/mol. The fourth-order valence-corrected chi connectivity index (χ4v) is 1.99. The Balaban J connectivity index is 2.86. The Kier molecular flexibility index (Phi) is 5.57. The highest BCUT2D eigenvalue weighted by Crippen LogP contribution is 2.30. The maximum Gasteiger partial charge on any atom is 0.407 e. The van der Waals surface area contributed by atoms with E-state index in [0.717, 1.165) is 6.42 Å². The molecular formula is C14H23NO4. The van der Waals surface area contributed by atoms with Gasteiger partial charge in [0.2, 0.25) is 0 Å². The third kappa shape index (κ3) is 4.36. The molecule has 0 aromatic heterocycles. The van der Waals surface area contributed by atoms with Gasteiger partial charge in [-0.2, -0.15) is 0 Å². The first kappa shape index (κ1) is 15.7. The zero-order valence-corrected chi connectivity index (χ0v) is 12.0. The van der Waals surface area contributed by atoms with E-state index in [4.69, 9.17) is 9.47 Å². The van der Waals surface area contributed by atoms with Gasteiger partial charge in [-0.1, -0.05) is 25.2 Å². The van der Waals surface area contributed by atoms with E-state index in [2.05, 4.69) is 16.6 Å². The quantitative estimate of drug-likeness (QED) is 0.779. The topological polar surface area (TPSA) is 56.8 Å². The summed E-state index contributed by atoms with van der Waals surface area (Å²) in [6.45, 7) is 9.44. The van der Waals surface area contributed by atoms with Crippen LogP contribution < -0.4 is 5.32 Å². The lowest BCUT2D eigenvalue weighted by atomic mass is 10.0. The summed E-state index contributed by atoms with van der Waals surface area (Å²) in [4.78, 5) is 11.4. The van der Waals surface area contributed by atoms with Gasteiger partial charge in [-0.15, -0.1) is 6.58 Å². The average molecular weight is 269 g/mol. The third-order valence-corrected chi connectivity index (χ3v) is 2.80. The van der Waals surface area contributed by atoms with Gasteiger partial charge in [0.05, 0.1) is 13.2 Å². The van der Waals surface area contributed by atoms with Gasteiger partial charge in [0.15, 0.2) is 5.79 Å². The van der Waals surface area contributed by atoms with Gasteiger partial charge < -0.3 is 19.5 Å². The molecule has 108 valence electrons. The van der Waals surface area contributed by atoms with Gasteiger partial charge in [-0.3, -0.25) is 0 Å². The van der Waals surface area contributed by atoms with Crippen LogP contribution >= 0.6 is 0 Å². The summed E-state index contributed by atoms with van der Waals surface area (Å²) < 4.78 is 16.2. The summed E-state index contributed by atoms with van der Waals surface area (Å²) in [5, 5.41) is 2.74. The number of alkyl carbamates (subject to hydrolysis) is 1.